The molecular weight excluding hydrogens is 356 g/mol. The fraction of sp³-hybridized carbons (Fsp3) is 0.571. The molecule has 0 unspecified atom stereocenters. The van der Waals surface area contributed by atoms with Crippen molar-refractivity contribution >= 4 is 22.6 Å². The molecule has 2 fully saturated rings. The molecule has 7 nitrogen and oxygen atoms in total. The van der Waals surface area contributed by atoms with E-state index in [4.69, 9.17) is 9.47 Å². The Labute approximate surface area is 165 Å². The van der Waals surface area contributed by atoms with Crippen molar-refractivity contribution in [2.45, 2.75) is 51.2 Å². The van der Waals surface area contributed by atoms with Gasteiger partial charge >= 0.3 is 0 Å². The first-order valence-corrected chi connectivity index (χ1v) is 10.3. The number of morpholine rings is 1. The molecule has 1 amide bonds. The van der Waals surface area contributed by atoms with E-state index in [-0.39, 0.29) is 18.1 Å². The Balaban J connectivity index is 1.49. The SMILES string of the molecule is CCC(=O)NC1CCC(Oc2cc(N3CCOCC3)cc3nccnc23)CC1. The van der Waals surface area contributed by atoms with Gasteiger partial charge in [-0.1, -0.05) is 6.92 Å². The number of nitrogens with one attached hydrogen (secondary N) is 1. The molecule has 2 heterocycles. The van der Waals surface area contributed by atoms with Gasteiger partial charge in [-0.25, -0.2) is 4.98 Å². The van der Waals surface area contributed by atoms with Gasteiger partial charge in [0.25, 0.3) is 0 Å². The predicted octanol–water partition coefficient (Wildman–Crippen LogP) is 2.68. The maximum atomic E-state index is 11.6. The number of benzene rings is 1. The zero-order valence-corrected chi connectivity index (χ0v) is 16.4. The van der Waals surface area contributed by atoms with E-state index in [0.717, 1.165) is 74.5 Å². The molecule has 2 aliphatic rings. The third-order valence-electron chi connectivity index (χ3n) is 5.55. The number of ether oxygens (including phenoxy) is 2. The smallest absolute Gasteiger partial charge is 0.219 e. The summed E-state index contributed by atoms with van der Waals surface area (Å²) in [5, 5.41) is 3.10. The highest BCUT2D eigenvalue weighted by molar-refractivity contribution is 5.85. The summed E-state index contributed by atoms with van der Waals surface area (Å²) in [6.07, 6.45) is 7.86. The molecular formula is C21H28N4O3. The highest BCUT2D eigenvalue weighted by atomic mass is 16.5. The summed E-state index contributed by atoms with van der Waals surface area (Å²) in [6.45, 7) is 5.10. The van der Waals surface area contributed by atoms with Gasteiger partial charge in [-0.3, -0.25) is 9.78 Å². The Morgan fingerprint density at radius 1 is 1.18 bits per heavy atom. The van der Waals surface area contributed by atoms with Gasteiger partial charge in [0, 0.05) is 49.7 Å². The zero-order chi connectivity index (χ0) is 19.3. The minimum atomic E-state index is 0.129. The molecule has 1 aliphatic heterocycles. The van der Waals surface area contributed by atoms with Crippen LogP contribution in [0, 0.1) is 0 Å². The lowest BCUT2D eigenvalue weighted by molar-refractivity contribution is -0.121. The fourth-order valence-electron chi connectivity index (χ4n) is 3.96. The highest BCUT2D eigenvalue weighted by Crippen LogP contribution is 2.32. The van der Waals surface area contributed by atoms with Gasteiger partial charge in [-0.05, 0) is 31.7 Å². The molecule has 150 valence electrons. The second kappa shape index (κ2) is 8.73. The van der Waals surface area contributed by atoms with E-state index in [1.807, 2.05) is 6.92 Å². The van der Waals surface area contributed by atoms with Crippen molar-refractivity contribution < 1.29 is 14.3 Å². The largest absolute Gasteiger partial charge is 0.488 e. The number of hydrogen-bond donors (Lipinski definition) is 1. The van der Waals surface area contributed by atoms with Crippen LogP contribution in [-0.4, -0.2) is 54.3 Å². The van der Waals surface area contributed by atoms with Gasteiger partial charge in [0.1, 0.15) is 11.3 Å². The Kier molecular flexibility index (Phi) is 5.90. The van der Waals surface area contributed by atoms with Crippen LogP contribution in [0.15, 0.2) is 24.5 Å². The third-order valence-corrected chi connectivity index (χ3v) is 5.55. The van der Waals surface area contributed by atoms with Gasteiger partial charge in [0.05, 0.1) is 24.8 Å². The Morgan fingerprint density at radius 2 is 1.93 bits per heavy atom. The maximum absolute atomic E-state index is 11.6. The van der Waals surface area contributed by atoms with Gasteiger partial charge in [-0.15, -0.1) is 0 Å². The van der Waals surface area contributed by atoms with Gasteiger partial charge in [0.15, 0.2) is 0 Å². The van der Waals surface area contributed by atoms with Crippen LogP contribution in [-0.2, 0) is 9.53 Å². The molecule has 4 rings (SSSR count). The number of amides is 1. The maximum Gasteiger partial charge on any atom is 0.219 e. The summed E-state index contributed by atoms with van der Waals surface area (Å²) < 4.78 is 11.9. The summed E-state index contributed by atoms with van der Waals surface area (Å²) in [5.74, 6) is 0.928. The molecule has 0 atom stereocenters. The molecule has 7 heteroatoms. The van der Waals surface area contributed by atoms with Crippen molar-refractivity contribution in [2.75, 3.05) is 31.2 Å². The number of nitrogens with zero attached hydrogens (tertiary/aromatic N) is 3. The average Bonchev–Trinajstić information content (AvgIpc) is 2.75. The van der Waals surface area contributed by atoms with Crippen molar-refractivity contribution in [2.24, 2.45) is 0 Å². The van der Waals surface area contributed by atoms with Gasteiger partial charge in [0.2, 0.25) is 5.91 Å². The summed E-state index contributed by atoms with van der Waals surface area (Å²) in [6, 6.07) is 4.44. The molecule has 1 saturated heterocycles. The average molecular weight is 384 g/mol. The monoisotopic (exact) mass is 384 g/mol. The topological polar surface area (TPSA) is 76.6 Å². The van der Waals surface area contributed by atoms with Crippen LogP contribution in [0.25, 0.3) is 11.0 Å². The van der Waals surface area contributed by atoms with Gasteiger partial charge in [-0.2, -0.15) is 0 Å². The van der Waals surface area contributed by atoms with Crippen LogP contribution in [0.2, 0.25) is 0 Å². The fourth-order valence-corrected chi connectivity index (χ4v) is 3.96. The molecule has 28 heavy (non-hydrogen) atoms. The summed E-state index contributed by atoms with van der Waals surface area (Å²) in [7, 11) is 0. The van der Waals surface area contributed by atoms with E-state index >= 15 is 0 Å². The number of hydrogen-bond acceptors (Lipinski definition) is 6. The molecule has 1 aromatic carbocycles. The number of fused-ring (bicyclic) bond motifs is 1. The number of carbonyl (C=O) groups is 1. The predicted molar refractivity (Wildman–Crippen MR) is 108 cm³/mol. The van der Waals surface area contributed by atoms with E-state index in [0.29, 0.717) is 6.42 Å². The minimum Gasteiger partial charge on any atom is -0.488 e. The molecule has 0 radical (unpaired) electrons. The van der Waals surface area contributed by atoms with E-state index in [1.165, 1.54) is 0 Å². The van der Waals surface area contributed by atoms with Crippen molar-refractivity contribution in [1.82, 2.24) is 15.3 Å². The van der Waals surface area contributed by atoms with Crippen molar-refractivity contribution in [1.29, 1.82) is 0 Å². The van der Waals surface area contributed by atoms with E-state index in [1.54, 1.807) is 12.4 Å². The number of rotatable bonds is 5. The second-order valence-corrected chi connectivity index (χ2v) is 7.48. The lowest BCUT2D eigenvalue weighted by Crippen LogP contribution is -2.39. The molecule has 0 spiro atoms. The lowest BCUT2D eigenvalue weighted by atomic mass is 9.93. The third kappa shape index (κ3) is 4.35. The molecule has 1 N–H and O–H groups in total. The number of anilines is 1. The van der Waals surface area contributed by atoms with Crippen LogP contribution in [0.3, 0.4) is 0 Å². The van der Waals surface area contributed by atoms with Crippen LogP contribution in [0.4, 0.5) is 5.69 Å². The van der Waals surface area contributed by atoms with E-state index in [2.05, 4.69) is 32.3 Å². The molecule has 1 aliphatic carbocycles. The van der Waals surface area contributed by atoms with Crippen molar-refractivity contribution in [3.8, 4) is 5.75 Å². The summed E-state index contributed by atoms with van der Waals surface area (Å²) in [4.78, 5) is 22.9. The van der Waals surface area contributed by atoms with Crippen LogP contribution in [0.5, 0.6) is 5.75 Å². The Bertz CT molecular complexity index is 814. The first-order valence-electron chi connectivity index (χ1n) is 10.3. The molecule has 1 saturated carbocycles. The standard InChI is InChI=1S/C21H28N4O3/c1-2-20(26)24-15-3-5-17(6-4-15)28-19-14-16(25-9-11-27-12-10-25)13-18-21(19)23-8-7-22-18/h7-8,13-15,17H,2-6,9-12H2,1H3,(H,24,26). The molecule has 0 bridgehead atoms. The highest BCUT2D eigenvalue weighted by Gasteiger charge is 2.24. The Hall–Kier alpha value is -2.41. The Morgan fingerprint density at radius 3 is 2.68 bits per heavy atom. The van der Waals surface area contributed by atoms with Crippen LogP contribution < -0.4 is 15.0 Å². The molecule has 2 aromatic rings. The first-order chi connectivity index (χ1) is 13.7. The number of aromatic nitrogens is 2. The van der Waals surface area contributed by atoms with Gasteiger partial charge < -0.3 is 19.7 Å². The van der Waals surface area contributed by atoms with Crippen molar-refractivity contribution in [3.05, 3.63) is 24.5 Å². The number of carbonyl (C=O) groups excluding carboxylic acids is 1. The zero-order valence-electron chi connectivity index (χ0n) is 16.4. The normalized spacial score (nSPS) is 22.8. The van der Waals surface area contributed by atoms with E-state index < -0.39 is 0 Å². The quantitative estimate of drug-likeness (QED) is 0.854. The summed E-state index contributed by atoms with van der Waals surface area (Å²) in [5.41, 5.74) is 2.77. The second-order valence-electron chi connectivity index (χ2n) is 7.48. The summed E-state index contributed by atoms with van der Waals surface area (Å²) >= 11 is 0. The lowest BCUT2D eigenvalue weighted by Gasteiger charge is -2.31. The first kappa shape index (κ1) is 18.9. The van der Waals surface area contributed by atoms with Crippen molar-refractivity contribution in [3.63, 3.8) is 0 Å². The van der Waals surface area contributed by atoms with E-state index in [9.17, 15) is 4.79 Å². The van der Waals surface area contributed by atoms with Crippen LogP contribution >= 0.6 is 0 Å². The molecule has 1 aromatic heterocycles. The van der Waals surface area contributed by atoms with Crippen LogP contribution in [0.1, 0.15) is 39.0 Å². The minimum absolute atomic E-state index is 0.129.